The molecule has 0 saturated carbocycles. The third-order valence-corrected chi connectivity index (χ3v) is 4.92. The number of piperazine rings is 1. The maximum Gasteiger partial charge on any atom is 0.248 e. The first-order valence-electron chi connectivity index (χ1n) is 8.62. The minimum absolute atomic E-state index is 0.201. The van der Waals surface area contributed by atoms with E-state index in [0.29, 0.717) is 10.0 Å². The summed E-state index contributed by atoms with van der Waals surface area (Å²) in [6.45, 7) is 4.05. The number of hydrogen-bond acceptors (Lipinski definition) is 2. The molecule has 136 valence electrons. The van der Waals surface area contributed by atoms with E-state index in [1.165, 1.54) is 11.0 Å². The zero-order valence-corrected chi connectivity index (χ0v) is 16.1. The molecule has 1 amide bonds. The topological polar surface area (TPSA) is 36.8 Å². The molecule has 0 bridgehead atoms. The summed E-state index contributed by atoms with van der Waals surface area (Å²) in [6.07, 6.45) is 3.25. The molecule has 0 radical (unpaired) electrons. The van der Waals surface area contributed by atoms with Crippen molar-refractivity contribution in [2.75, 3.05) is 43.4 Å². The lowest BCUT2D eigenvalue weighted by molar-refractivity contribution is -0.880. The van der Waals surface area contributed by atoms with Crippen molar-refractivity contribution in [1.29, 1.82) is 0 Å². The molecular formula is C20H22Cl2N3O+. The Kier molecular flexibility index (Phi) is 6.20. The molecule has 0 spiro atoms. The van der Waals surface area contributed by atoms with Gasteiger partial charge in [-0.05, 0) is 42.0 Å². The fourth-order valence-electron chi connectivity index (χ4n) is 2.97. The SMILES string of the molecule is C[NH+]1CCN(c2ccc(Cl)cc2NC(=O)/C=C/c2cccc(Cl)c2)CC1. The van der Waals surface area contributed by atoms with E-state index < -0.39 is 0 Å². The van der Waals surface area contributed by atoms with E-state index in [1.807, 2.05) is 30.3 Å². The summed E-state index contributed by atoms with van der Waals surface area (Å²) in [7, 11) is 2.20. The number of hydrogen-bond donors (Lipinski definition) is 2. The van der Waals surface area contributed by atoms with E-state index >= 15 is 0 Å². The van der Waals surface area contributed by atoms with Crippen LogP contribution < -0.4 is 15.1 Å². The van der Waals surface area contributed by atoms with E-state index in [-0.39, 0.29) is 5.91 Å². The van der Waals surface area contributed by atoms with Crippen molar-refractivity contribution in [1.82, 2.24) is 0 Å². The molecule has 2 aromatic rings. The van der Waals surface area contributed by atoms with Crippen molar-refractivity contribution >= 4 is 46.6 Å². The molecule has 0 aromatic heterocycles. The van der Waals surface area contributed by atoms with Crippen LogP contribution in [0.15, 0.2) is 48.5 Å². The smallest absolute Gasteiger partial charge is 0.248 e. The highest BCUT2D eigenvalue weighted by molar-refractivity contribution is 6.31. The molecule has 0 unspecified atom stereocenters. The number of benzene rings is 2. The number of likely N-dealkylation sites (N-methyl/N-ethyl adjacent to an activating group) is 1. The molecule has 2 aromatic carbocycles. The summed E-state index contributed by atoms with van der Waals surface area (Å²) >= 11 is 12.1. The van der Waals surface area contributed by atoms with Gasteiger partial charge in [0.15, 0.2) is 0 Å². The Morgan fingerprint density at radius 2 is 1.85 bits per heavy atom. The van der Waals surface area contributed by atoms with Gasteiger partial charge in [0.2, 0.25) is 5.91 Å². The highest BCUT2D eigenvalue weighted by Gasteiger charge is 2.20. The minimum atomic E-state index is -0.201. The maximum absolute atomic E-state index is 12.4. The van der Waals surface area contributed by atoms with Crippen LogP contribution in [0.3, 0.4) is 0 Å². The molecule has 6 heteroatoms. The monoisotopic (exact) mass is 390 g/mol. The molecule has 0 atom stereocenters. The van der Waals surface area contributed by atoms with Gasteiger partial charge >= 0.3 is 0 Å². The Morgan fingerprint density at radius 1 is 1.12 bits per heavy atom. The second kappa shape index (κ2) is 8.58. The van der Waals surface area contributed by atoms with Gasteiger partial charge in [0.05, 0.1) is 44.6 Å². The molecule has 1 saturated heterocycles. The molecule has 2 N–H and O–H groups in total. The van der Waals surface area contributed by atoms with Gasteiger partial charge in [-0.25, -0.2) is 0 Å². The molecular weight excluding hydrogens is 369 g/mol. The summed E-state index contributed by atoms with van der Waals surface area (Å²) in [4.78, 5) is 16.2. The Bertz CT molecular complexity index is 814. The predicted molar refractivity (Wildman–Crippen MR) is 109 cm³/mol. The van der Waals surface area contributed by atoms with Crippen LogP contribution in [0.5, 0.6) is 0 Å². The van der Waals surface area contributed by atoms with Crippen molar-refractivity contribution in [3.8, 4) is 0 Å². The number of amides is 1. The van der Waals surface area contributed by atoms with Crippen LogP contribution in [-0.4, -0.2) is 39.1 Å². The molecule has 4 nitrogen and oxygen atoms in total. The first-order valence-corrected chi connectivity index (χ1v) is 9.37. The van der Waals surface area contributed by atoms with Gasteiger partial charge in [-0.2, -0.15) is 0 Å². The lowest BCUT2D eigenvalue weighted by atomic mass is 10.2. The van der Waals surface area contributed by atoms with E-state index in [4.69, 9.17) is 23.2 Å². The van der Waals surface area contributed by atoms with Gasteiger partial charge in [-0.1, -0.05) is 35.3 Å². The first kappa shape index (κ1) is 18.8. The van der Waals surface area contributed by atoms with Gasteiger partial charge in [-0.15, -0.1) is 0 Å². The average Bonchev–Trinajstić information content (AvgIpc) is 2.61. The summed E-state index contributed by atoms with van der Waals surface area (Å²) in [5, 5.41) is 4.19. The van der Waals surface area contributed by atoms with Crippen molar-refractivity contribution < 1.29 is 9.69 Å². The van der Waals surface area contributed by atoms with E-state index in [9.17, 15) is 4.79 Å². The van der Waals surface area contributed by atoms with Crippen molar-refractivity contribution in [2.45, 2.75) is 0 Å². The number of anilines is 2. The highest BCUT2D eigenvalue weighted by atomic mass is 35.5. The number of quaternary nitrogens is 1. The van der Waals surface area contributed by atoms with E-state index in [1.54, 1.807) is 18.2 Å². The quantitative estimate of drug-likeness (QED) is 0.787. The van der Waals surface area contributed by atoms with Crippen molar-refractivity contribution in [2.24, 2.45) is 0 Å². The number of halogens is 2. The van der Waals surface area contributed by atoms with Crippen molar-refractivity contribution in [3.05, 3.63) is 64.1 Å². The summed E-state index contributed by atoms with van der Waals surface area (Å²) in [6, 6.07) is 13.0. The van der Waals surface area contributed by atoms with Gasteiger partial charge < -0.3 is 15.1 Å². The van der Waals surface area contributed by atoms with Gasteiger partial charge in [0.25, 0.3) is 0 Å². The minimum Gasteiger partial charge on any atom is -0.359 e. The zero-order chi connectivity index (χ0) is 18.5. The van der Waals surface area contributed by atoms with Crippen LogP contribution in [0.4, 0.5) is 11.4 Å². The van der Waals surface area contributed by atoms with Crippen LogP contribution in [0.2, 0.25) is 10.0 Å². The summed E-state index contributed by atoms with van der Waals surface area (Å²) in [5.41, 5.74) is 2.62. The summed E-state index contributed by atoms with van der Waals surface area (Å²) in [5.74, 6) is -0.201. The average molecular weight is 391 g/mol. The molecule has 26 heavy (non-hydrogen) atoms. The predicted octanol–water partition coefficient (Wildman–Crippen LogP) is 2.98. The lowest BCUT2D eigenvalue weighted by Gasteiger charge is -2.33. The Hall–Kier alpha value is -2.01. The van der Waals surface area contributed by atoms with E-state index in [0.717, 1.165) is 43.1 Å². The van der Waals surface area contributed by atoms with Gasteiger partial charge in [-0.3, -0.25) is 4.79 Å². The maximum atomic E-state index is 12.4. The van der Waals surface area contributed by atoms with Crippen LogP contribution >= 0.6 is 23.2 Å². The van der Waals surface area contributed by atoms with Crippen LogP contribution in [-0.2, 0) is 4.79 Å². The van der Waals surface area contributed by atoms with Crippen molar-refractivity contribution in [3.63, 3.8) is 0 Å². The first-order chi connectivity index (χ1) is 12.5. The molecule has 1 aliphatic rings. The van der Waals surface area contributed by atoms with E-state index in [2.05, 4.69) is 17.3 Å². The van der Waals surface area contributed by atoms with Crippen LogP contribution in [0.1, 0.15) is 5.56 Å². The third kappa shape index (κ3) is 5.01. The fraction of sp³-hybridized carbons (Fsp3) is 0.250. The summed E-state index contributed by atoms with van der Waals surface area (Å²) < 4.78 is 0. The number of nitrogens with one attached hydrogen (secondary N) is 2. The molecule has 3 rings (SSSR count). The van der Waals surface area contributed by atoms with Gasteiger partial charge in [0.1, 0.15) is 0 Å². The van der Waals surface area contributed by atoms with Crippen LogP contribution in [0.25, 0.3) is 6.08 Å². The van der Waals surface area contributed by atoms with Crippen LogP contribution in [0, 0.1) is 0 Å². The molecule has 1 heterocycles. The van der Waals surface area contributed by atoms with Gasteiger partial charge in [0, 0.05) is 16.1 Å². The standard InChI is InChI=1S/C20H21Cl2N3O/c1-24-9-11-25(12-10-24)19-7-6-17(22)14-18(19)23-20(26)8-5-15-3-2-4-16(21)13-15/h2-8,13-14H,9-12H2,1H3,(H,23,26)/p+1/b8-5+. The fourth-order valence-corrected chi connectivity index (χ4v) is 3.34. The number of nitrogens with zero attached hydrogens (tertiary/aromatic N) is 1. The second-order valence-electron chi connectivity index (χ2n) is 6.48. The number of carbonyl (C=O) groups is 1. The zero-order valence-electron chi connectivity index (χ0n) is 14.6. The number of rotatable bonds is 4. The molecule has 0 aliphatic carbocycles. The Balaban J connectivity index is 1.74. The molecule has 1 fully saturated rings. The highest BCUT2D eigenvalue weighted by Crippen LogP contribution is 2.29. The second-order valence-corrected chi connectivity index (χ2v) is 7.36. The normalized spacial score (nSPS) is 15.4. The Labute approximate surface area is 164 Å². The third-order valence-electron chi connectivity index (χ3n) is 4.45. The largest absolute Gasteiger partial charge is 0.359 e. The molecule has 1 aliphatic heterocycles. The lowest BCUT2D eigenvalue weighted by Crippen LogP contribution is -3.12. The Morgan fingerprint density at radius 3 is 2.58 bits per heavy atom. The number of carbonyl (C=O) groups excluding carboxylic acids is 1.